The summed E-state index contributed by atoms with van der Waals surface area (Å²) >= 11 is 0. The molecule has 1 aromatic heterocycles. The van der Waals surface area contributed by atoms with E-state index in [0.29, 0.717) is 16.6 Å². The van der Waals surface area contributed by atoms with Crippen LogP contribution >= 0.6 is 0 Å². The first-order valence-electron chi connectivity index (χ1n) is 6.34. The Kier molecular flexibility index (Phi) is 3.05. The first kappa shape index (κ1) is 13.1. The molecule has 1 saturated heterocycles. The number of aliphatic carboxylic acids is 1. The largest absolute Gasteiger partial charge is 0.480 e. The Morgan fingerprint density at radius 3 is 2.90 bits per heavy atom. The van der Waals surface area contributed by atoms with Crippen LogP contribution in [0.4, 0.5) is 10.5 Å². The van der Waals surface area contributed by atoms with Crippen molar-refractivity contribution in [3.8, 4) is 0 Å². The summed E-state index contributed by atoms with van der Waals surface area (Å²) in [7, 11) is 0. The third-order valence-electron chi connectivity index (χ3n) is 3.22. The van der Waals surface area contributed by atoms with Crippen LogP contribution in [-0.4, -0.2) is 39.3 Å². The first-order valence-corrected chi connectivity index (χ1v) is 6.34. The van der Waals surface area contributed by atoms with E-state index in [4.69, 9.17) is 5.11 Å². The van der Waals surface area contributed by atoms with Gasteiger partial charge < -0.3 is 5.11 Å². The van der Waals surface area contributed by atoms with Crippen molar-refractivity contribution in [3.63, 3.8) is 0 Å². The summed E-state index contributed by atoms with van der Waals surface area (Å²) < 4.78 is 1.31. The van der Waals surface area contributed by atoms with Gasteiger partial charge in [-0.25, -0.2) is 4.79 Å². The molecule has 2 heterocycles. The van der Waals surface area contributed by atoms with Crippen molar-refractivity contribution < 1.29 is 19.5 Å². The molecule has 0 bridgehead atoms. The Morgan fingerprint density at radius 1 is 1.38 bits per heavy atom. The summed E-state index contributed by atoms with van der Waals surface area (Å²) in [5.41, 5.74) is 1.20. The fourth-order valence-corrected chi connectivity index (χ4v) is 2.33. The lowest BCUT2D eigenvalue weighted by Crippen LogP contribution is -2.49. The normalized spacial score (nSPS) is 15.3. The number of imide groups is 1. The number of hydrogen-bond acceptors (Lipinski definition) is 4. The number of urea groups is 1. The Balaban J connectivity index is 2.02. The molecular weight excluding hydrogens is 276 g/mol. The maximum Gasteiger partial charge on any atom is 0.328 e. The van der Waals surface area contributed by atoms with Crippen molar-refractivity contribution in [1.29, 1.82) is 0 Å². The number of benzene rings is 1. The molecule has 2 aromatic rings. The number of carboxylic acid groups (broad SMARTS) is 1. The van der Waals surface area contributed by atoms with Gasteiger partial charge in [-0.3, -0.25) is 24.5 Å². The number of hydrogen-bond donors (Lipinski definition) is 2. The number of aromatic nitrogens is 2. The summed E-state index contributed by atoms with van der Waals surface area (Å²) in [6.07, 6.45) is 1.81. The maximum absolute atomic E-state index is 11.9. The van der Waals surface area contributed by atoms with Crippen molar-refractivity contribution in [3.05, 3.63) is 24.4 Å². The quantitative estimate of drug-likeness (QED) is 0.859. The van der Waals surface area contributed by atoms with Gasteiger partial charge in [0.15, 0.2) is 0 Å². The van der Waals surface area contributed by atoms with E-state index in [1.54, 1.807) is 24.4 Å². The van der Waals surface area contributed by atoms with E-state index in [9.17, 15) is 14.4 Å². The van der Waals surface area contributed by atoms with Gasteiger partial charge in [-0.1, -0.05) is 6.07 Å². The molecule has 3 amide bonds. The van der Waals surface area contributed by atoms with E-state index in [0.717, 1.165) is 0 Å². The zero-order valence-electron chi connectivity index (χ0n) is 10.9. The number of nitrogens with zero attached hydrogens (tertiary/aromatic N) is 3. The minimum atomic E-state index is -0.995. The van der Waals surface area contributed by atoms with Crippen LogP contribution in [-0.2, 0) is 16.1 Å². The van der Waals surface area contributed by atoms with E-state index in [2.05, 4.69) is 10.4 Å². The number of carbonyl (C=O) groups is 3. The fourth-order valence-electron chi connectivity index (χ4n) is 2.33. The molecule has 21 heavy (non-hydrogen) atoms. The van der Waals surface area contributed by atoms with Gasteiger partial charge in [-0.15, -0.1) is 0 Å². The van der Waals surface area contributed by atoms with E-state index in [-0.39, 0.29) is 25.4 Å². The monoisotopic (exact) mass is 288 g/mol. The van der Waals surface area contributed by atoms with Crippen molar-refractivity contribution in [2.24, 2.45) is 0 Å². The standard InChI is InChI=1S/C13H12N4O4/c18-11-4-5-17(13(21)14-11)10-3-1-2-9-8(10)6-16(15-9)7-12(19)20/h1-3,6H,4-5,7H2,(H,19,20)(H,14,18,21). The SMILES string of the molecule is O=C(O)Cn1cc2c(N3CCC(=O)NC3=O)cccc2n1. The zero-order chi connectivity index (χ0) is 15.0. The molecule has 108 valence electrons. The average molecular weight is 288 g/mol. The van der Waals surface area contributed by atoms with Crippen molar-refractivity contribution in [1.82, 2.24) is 15.1 Å². The molecule has 0 aliphatic carbocycles. The van der Waals surface area contributed by atoms with Gasteiger partial charge in [-0.2, -0.15) is 5.10 Å². The van der Waals surface area contributed by atoms with Crippen LogP contribution in [0.5, 0.6) is 0 Å². The molecule has 0 unspecified atom stereocenters. The average Bonchev–Trinajstić information content (AvgIpc) is 2.80. The van der Waals surface area contributed by atoms with Crippen LogP contribution in [0.15, 0.2) is 24.4 Å². The predicted molar refractivity (Wildman–Crippen MR) is 72.9 cm³/mol. The van der Waals surface area contributed by atoms with Crippen molar-refractivity contribution >= 4 is 34.5 Å². The molecule has 1 aliphatic rings. The number of anilines is 1. The van der Waals surface area contributed by atoms with Gasteiger partial charge in [0.05, 0.1) is 11.2 Å². The van der Waals surface area contributed by atoms with Crippen LogP contribution in [0.2, 0.25) is 0 Å². The molecule has 0 atom stereocenters. The minimum absolute atomic E-state index is 0.228. The number of rotatable bonds is 3. The molecule has 0 spiro atoms. The van der Waals surface area contributed by atoms with Gasteiger partial charge in [0.25, 0.3) is 0 Å². The van der Waals surface area contributed by atoms with E-state index in [1.807, 2.05) is 0 Å². The highest BCUT2D eigenvalue weighted by Crippen LogP contribution is 2.27. The Labute approximate surface area is 118 Å². The van der Waals surface area contributed by atoms with Gasteiger partial charge in [0.2, 0.25) is 5.91 Å². The van der Waals surface area contributed by atoms with Crippen molar-refractivity contribution in [2.45, 2.75) is 13.0 Å². The van der Waals surface area contributed by atoms with E-state index in [1.165, 1.54) is 9.58 Å². The number of carboxylic acids is 1. The second kappa shape index (κ2) is 4.89. The summed E-state index contributed by atoms with van der Waals surface area (Å²) in [5.74, 6) is -1.30. The maximum atomic E-state index is 11.9. The first-order chi connectivity index (χ1) is 10.0. The lowest BCUT2D eigenvalue weighted by Gasteiger charge is -2.26. The Bertz CT molecular complexity index is 752. The summed E-state index contributed by atoms with van der Waals surface area (Å²) in [6.45, 7) is 0.0344. The highest BCUT2D eigenvalue weighted by Gasteiger charge is 2.25. The zero-order valence-corrected chi connectivity index (χ0v) is 10.9. The number of fused-ring (bicyclic) bond motifs is 1. The molecule has 1 fully saturated rings. The van der Waals surface area contributed by atoms with Crippen LogP contribution in [0.25, 0.3) is 10.9 Å². The third-order valence-corrected chi connectivity index (χ3v) is 3.22. The van der Waals surface area contributed by atoms with Crippen LogP contribution in [0.1, 0.15) is 6.42 Å². The van der Waals surface area contributed by atoms with Gasteiger partial charge in [0, 0.05) is 24.5 Å². The predicted octanol–water partition coefficient (Wildman–Crippen LogP) is 0.567. The third kappa shape index (κ3) is 2.42. The number of amides is 3. The molecular formula is C13H12N4O4. The second-order valence-electron chi connectivity index (χ2n) is 4.69. The van der Waals surface area contributed by atoms with Gasteiger partial charge >= 0.3 is 12.0 Å². The Hall–Kier alpha value is -2.90. The molecule has 8 heteroatoms. The summed E-state index contributed by atoms with van der Waals surface area (Å²) in [6, 6.07) is 4.73. The molecule has 1 aliphatic heterocycles. The lowest BCUT2D eigenvalue weighted by molar-refractivity contribution is -0.137. The summed E-state index contributed by atoms with van der Waals surface area (Å²) in [5, 5.41) is 15.9. The highest BCUT2D eigenvalue weighted by atomic mass is 16.4. The highest BCUT2D eigenvalue weighted by molar-refractivity contribution is 6.09. The van der Waals surface area contributed by atoms with E-state index < -0.39 is 12.0 Å². The van der Waals surface area contributed by atoms with E-state index >= 15 is 0 Å². The van der Waals surface area contributed by atoms with Crippen LogP contribution in [0.3, 0.4) is 0 Å². The minimum Gasteiger partial charge on any atom is -0.480 e. The number of carbonyl (C=O) groups excluding carboxylic acids is 2. The lowest BCUT2D eigenvalue weighted by atomic mass is 10.2. The smallest absolute Gasteiger partial charge is 0.328 e. The topological polar surface area (TPSA) is 105 Å². The molecule has 2 N–H and O–H groups in total. The summed E-state index contributed by atoms with van der Waals surface area (Å²) in [4.78, 5) is 35.3. The van der Waals surface area contributed by atoms with Crippen LogP contribution < -0.4 is 10.2 Å². The number of nitrogens with one attached hydrogen (secondary N) is 1. The van der Waals surface area contributed by atoms with Gasteiger partial charge in [0.1, 0.15) is 6.54 Å². The molecule has 0 saturated carbocycles. The van der Waals surface area contributed by atoms with Gasteiger partial charge in [-0.05, 0) is 12.1 Å². The molecule has 8 nitrogen and oxygen atoms in total. The van der Waals surface area contributed by atoms with Crippen LogP contribution in [0, 0.1) is 0 Å². The fraction of sp³-hybridized carbons (Fsp3) is 0.231. The molecule has 1 aromatic carbocycles. The van der Waals surface area contributed by atoms with Crippen molar-refractivity contribution in [2.75, 3.05) is 11.4 Å². The Morgan fingerprint density at radius 2 is 2.19 bits per heavy atom. The second-order valence-corrected chi connectivity index (χ2v) is 4.69. The molecule has 0 radical (unpaired) electrons. The molecule has 3 rings (SSSR count).